The van der Waals surface area contributed by atoms with Crippen LogP contribution in [0.4, 0.5) is 0 Å². The molecule has 0 bridgehead atoms. The van der Waals surface area contributed by atoms with Crippen molar-refractivity contribution in [1.29, 1.82) is 0 Å². The van der Waals surface area contributed by atoms with Crippen molar-refractivity contribution in [2.45, 2.75) is 225 Å². The molecule has 402 valence electrons. The van der Waals surface area contributed by atoms with Gasteiger partial charge in [0.25, 0.3) is 7.82 Å². The molecule has 2 atom stereocenters. The van der Waals surface area contributed by atoms with Gasteiger partial charge in [0.15, 0.2) is 6.10 Å². The molecule has 0 aromatic carbocycles. The minimum absolute atomic E-state index is 0.0376. The summed E-state index contributed by atoms with van der Waals surface area (Å²) >= 11 is 0. The standard InChI is InChI=1S/C60H104NO8P/c1-6-8-10-12-14-16-18-20-22-23-24-25-26-27-28-29-30-31-32-33-34-35-36-37-39-41-43-45-47-49-51-53-60(63)69-58(57-68-70(64,65)67-55-54-61(3,4)5)56-66-59(62)52-50-48-46-44-42-40-38-21-19-17-15-13-11-9-7-2/h8,10,14,16,20,22,24-25,27-28,30-31,33-34,36-37,58H,6-7,9,11-13,15,17-19,21,23,26,29,32,35,38-57H2,1-5H3/b10-8-,16-14-,22-20-,25-24-,28-27-,31-30-,34-33-,37-36-. The lowest BCUT2D eigenvalue weighted by molar-refractivity contribution is -0.870. The van der Waals surface area contributed by atoms with Crippen molar-refractivity contribution >= 4 is 19.8 Å². The lowest BCUT2D eigenvalue weighted by atomic mass is 10.0. The number of likely N-dealkylation sites (N-methyl/N-ethyl adjacent to an activating group) is 1. The van der Waals surface area contributed by atoms with Gasteiger partial charge in [-0.3, -0.25) is 14.2 Å². The average Bonchev–Trinajstić information content (AvgIpc) is 3.32. The van der Waals surface area contributed by atoms with Crippen molar-refractivity contribution in [2.75, 3.05) is 47.5 Å². The van der Waals surface area contributed by atoms with E-state index in [1.165, 1.54) is 77.0 Å². The fraction of sp³-hybridized carbons (Fsp3) is 0.700. The molecule has 0 spiro atoms. The number of ether oxygens (including phenoxy) is 2. The van der Waals surface area contributed by atoms with E-state index in [2.05, 4.69) is 111 Å². The van der Waals surface area contributed by atoms with Crippen LogP contribution in [0.2, 0.25) is 0 Å². The molecular weight excluding hydrogens is 894 g/mol. The van der Waals surface area contributed by atoms with Gasteiger partial charge in [-0.2, -0.15) is 0 Å². The minimum Gasteiger partial charge on any atom is -0.756 e. The van der Waals surface area contributed by atoms with Gasteiger partial charge in [-0.1, -0.05) is 227 Å². The second-order valence-electron chi connectivity index (χ2n) is 19.6. The van der Waals surface area contributed by atoms with Crippen molar-refractivity contribution in [3.8, 4) is 0 Å². The number of hydrogen-bond acceptors (Lipinski definition) is 8. The van der Waals surface area contributed by atoms with Gasteiger partial charge in [0.1, 0.15) is 19.8 Å². The Morgan fingerprint density at radius 1 is 0.457 bits per heavy atom. The molecule has 0 rings (SSSR count). The predicted octanol–water partition coefficient (Wildman–Crippen LogP) is 16.6. The van der Waals surface area contributed by atoms with Crippen molar-refractivity contribution in [1.82, 2.24) is 0 Å². The number of rotatable bonds is 50. The molecule has 0 aliphatic heterocycles. The van der Waals surface area contributed by atoms with Crippen molar-refractivity contribution in [3.63, 3.8) is 0 Å². The van der Waals surface area contributed by atoms with Crippen LogP contribution in [0.25, 0.3) is 0 Å². The summed E-state index contributed by atoms with van der Waals surface area (Å²) in [6.45, 7) is 4.10. The van der Waals surface area contributed by atoms with Crippen molar-refractivity contribution in [3.05, 3.63) is 97.2 Å². The van der Waals surface area contributed by atoms with Gasteiger partial charge in [0.2, 0.25) is 0 Å². The van der Waals surface area contributed by atoms with E-state index in [0.717, 1.165) is 109 Å². The number of quaternary nitrogens is 1. The third-order valence-corrected chi connectivity index (χ3v) is 12.6. The smallest absolute Gasteiger partial charge is 0.306 e. The number of phosphoric ester groups is 1. The molecule has 0 aliphatic carbocycles. The zero-order valence-corrected chi connectivity index (χ0v) is 46.3. The fourth-order valence-electron chi connectivity index (χ4n) is 7.32. The van der Waals surface area contributed by atoms with E-state index in [4.69, 9.17) is 18.5 Å². The van der Waals surface area contributed by atoms with Crippen LogP contribution in [0.15, 0.2) is 97.2 Å². The first-order valence-electron chi connectivity index (χ1n) is 27.9. The maximum absolute atomic E-state index is 12.8. The molecule has 0 aromatic heterocycles. The Bertz CT molecular complexity index is 1500. The summed E-state index contributed by atoms with van der Waals surface area (Å²) in [7, 11) is 1.15. The molecule has 2 unspecified atom stereocenters. The summed E-state index contributed by atoms with van der Waals surface area (Å²) in [6.07, 6.45) is 68.7. The molecule has 0 saturated heterocycles. The summed E-state index contributed by atoms with van der Waals surface area (Å²) < 4.78 is 34.1. The third kappa shape index (κ3) is 54.3. The van der Waals surface area contributed by atoms with Gasteiger partial charge in [-0.15, -0.1) is 0 Å². The van der Waals surface area contributed by atoms with Crippen LogP contribution in [-0.2, 0) is 32.7 Å². The highest BCUT2D eigenvalue weighted by molar-refractivity contribution is 7.45. The molecule has 10 heteroatoms. The number of nitrogens with zero attached hydrogens (tertiary/aromatic N) is 1. The number of hydrogen-bond donors (Lipinski definition) is 0. The van der Waals surface area contributed by atoms with E-state index < -0.39 is 26.5 Å². The summed E-state index contributed by atoms with van der Waals surface area (Å²) in [5, 5.41) is 0. The Hall–Kier alpha value is -3.07. The molecule has 0 saturated carbocycles. The molecule has 70 heavy (non-hydrogen) atoms. The van der Waals surface area contributed by atoms with Crippen LogP contribution in [-0.4, -0.2) is 70.0 Å². The lowest BCUT2D eigenvalue weighted by Gasteiger charge is -2.28. The second kappa shape index (κ2) is 50.9. The van der Waals surface area contributed by atoms with Crippen LogP contribution in [0.1, 0.15) is 219 Å². The highest BCUT2D eigenvalue weighted by Gasteiger charge is 2.21. The SMILES string of the molecule is CC/C=C\C/C=C\C/C=C\C/C=C\C/C=C\C/C=C\C/C=C\C/C=C\CCCCCCCCC(=O)OC(COC(=O)CCCCCCCCCCCCCCCCC)COP(=O)([O-])OCC[N+](C)(C)C. The second-order valence-corrected chi connectivity index (χ2v) is 21.0. The zero-order chi connectivity index (χ0) is 51.3. The van der Waals surface area contributed by atoms with Gasteiger partial charge in [-0.05, 0) is 77.0 Å². The van der Waals surface area contributed by atoms with E-state index >= 15 is 0 Å². The van der Waals surface area contributed by atoms with Gasteiger partial charge in [0.05, 0.1) is 27.7 Å². The lowest BCUT2D eigenvalue weighted by Crippen LogP contribution is -2.37. The summed E-state index contributed by atoms with van der Waals surface area (Å²) in [5.74, 6) is -0.851. The number of unbranched alkanes of at least 4 members (excludes halogenated alkanes) is 20. The highest BCUT2D eigenvalue weighted by Crippen LogP contribution is 2.38. The zero-order valence-electron chi connectivity index (χ0n) is 45.4. The number of esters is 2. The molecular formula is C60H104NO8P. The summed E-state index contributed by atoms with van der Waals surface area (Å²) in [5.41, 5.74) is 0. The summed E-state index contributed by atoms with van der Waals surface area (Å²) in [4.78, 5) is 37.8. The van der Waals surface area contributed by atoms with Gasteiger partial charge >= 0.3 is 11.9 Å². The van der Waals surface area contributed by atoms with Crippen LogP contribution < -0.4 is 4.89 Å². The molecule has 9 nitrogen and oxygen atoms in total. The fourth-order valence-corrected chi connectivity index (χ4v) is 8.05. The number of phosphoric acid groups is 1. The minimum atomic E-state index is -4.64. The molecule has 0 amide bonds. The van der Waals surface area contributed by atoms with Crippen LogP contribution in [0.3, 0.4) is 0 Å². The van der Waals surface area contributed by atoms with Crippen molar-refractivity contribution in [2.24, 2.45) is 0 Å². The third-order valence-electron chi connectivity index (χ3n) is 11.6. The monoisotopic (exact) mass is 998 g/mol. The molecule has 0 radical (unpaired) electrons. The highest BCUT2D eigenvalue weighted by atomic mass is 31.2. The van der Waals surface area contributed by atoms with E-state index in [0.29, 0.717) is 17.4 Å². The van der Waals surface area contributed by atoms with E-state index in [9.17, 15) is 19.0 Å². The molecule has 0 aromatic rings. The Kier molecular flexibility index (Phi) is 48.6. The number of allylic oxidation sites excluding steroid dienone is 16. The Labute approximate surface area is 430 Å². The molecule has 0 N–H and O–H groups in total. The first-order valence-corrected chi connectivity index (χ1v) is 29.4. The topological polar surface area (TPSA) is 111 Å². The van der Waals surface area contributed by atoms with E-state index in [1.54, 1.807) is 0 Å². The van der Waals surface area contributed by atoms with E-state index in [1.807, 2.05) is 21.1 Å². The maximum atomic E-state index is 12.8. The maximum Gasteiger partial charge on any atom is 0.306 e. The Balaban J connectivity index is 4.23. The largest absolute Gasteiger partial charge is 0.756 e. The Morgan fingerprint density at radius 3 is 1.21 bits per heavy atom. The number of carbonyl (C=O) groups excluding carboxylic acids is 2. The van der Waals surface area contributed by atoms with Gasteiger partial charge in [-0.25, -0.2) is 0 Å². The van der Waals surface area contributed by atoms with Gasteiger partial charge < -0.3 is 27.9 Å². The summed E-state index contributed by atoms with van der Waals surface area (Å²) in [6, 6.07) is 0. The predicted molar refractivity (Wildman–Crippen MR) is 295 cm³/mol. The van der Waals surface area contributed by atoms with Crippen LogP contribution in [0.5, 0.6) is 0 Å². The Morgan fingerprint density at radius 2 is 0.814 bits per heavy atom. The van der Waals surface area contributed by atoms with Gasteiger partial charge in [0, 0.05) is 12.8 Å². The number of carbonyl (C=O) groups is 2. The first kappa shape index (κ1) is 66.9. The van der Waals surface area contributed by atoms with Crippen LogP contribution in [0, 0.1) is 0 Å². The molecule has 0 fully saturated rings. The normalized spacial score (nSPS) is 14.1. The van der Waals surface area contributed by atoms with E-state index in [-0.39, 0.29) is 32.0 Å². The molecule has 0 heterocycles. The average molecular weight is 998 g/mol. The quantitative estimate of drug-likeness (QED) is 0.0195. The van der Waals surface area contributed by atoms with Crippen molar-refractivity contribution < 1.29 is 42.1 Å². The first-order chi connectivity index (χ1) is 34.0. The van der Waals surface area contributed by atoms with Crippen LogP contribution >= 0.6 is 7.82 Å². The molecule has 0 aliphatic rings.